The molecule has 0 radical (unpaired) electrons. The second-order valence-electron chi connectivity index (χ2n) is 7.85. The van der Waals surface area contributed by atoms with Gasteiger partial charge in [-0.25, -0.2) is 0 Å². The van der Waals surface area contributed by atoms with Gasteiger partial charge in [-0.1, -0.05) is 67.3 Å². The number of hydrogen-bond acceptors (Lipinski definition) is 7. The van der Waals surface area contributed by atoms with Crippen LogP contribution < -0.4 is 10.2 Å². The van der Waals surface area contributed by atoms with Gasteiger partial charge >= 0.3 is 0 Å². The molecular weight excluding hydrogens is 412 g/mol. The van der Waals surface area contributed by atoms with E-state index in [-0.39, 0.29) is 11.2 Å². The molecule has 1 aliphatic heterocycles. The summed E-state index contributed by atoms with van der Waals surface area (Å²) in [6, 6.07) is 16.4. The fraction of sp³-hybridized carbons (Fsp3) is 0.261. The highest BCUT2D eigenvalue weighted by molar-refractivity contribution is 8.01. The third kappa shape index (κ3) is 4.13. The minimum Gasteiger partial charge on any atom is -0.347 e. The number of fused-ring (bicyclic) bond motifs is 1. The highest BCUT2D eigenvalue weighted by Crippen LogP contribution is 2.46. The molecule has 0 atom stereocenters. The number of hydrogen-bond donors (Lipinski definition) is 1. The van der Waals surface area contributed by atoms with Gasteiger partial charge in [-0.3, -0.25) is 4.79 Å². The van der Waals surface area contributed by atoms with E-state index in [2.05, 4.69) is 52.5 Å². The number of anilines is 3. The number of allylic oxidation sites excluding steroid dienone is 2. The summed E-state index contributed by atoms with van der Waals surface area (Å²) in [5.74, 6) is 0.411. The molecule has 30 heavy (non-hydrogen) atoms. The van der Waals surface area contributed by atoms with E-state index in [1.807, 2.05) is 44.3 Å². The van der Waals surface area contributed by atoms with Crippen molar-refractivity contribution in [1.82, 2.24) is 10.2 Å². The van der Waals surface area contributed by atoms with E-state index in [1.165, 1.54) is 34.2 Å². The largest absolute Gasteiger partial charge is 0.347 e. The number of carbonyl (C=O) groups is 1. The molecule has 5 nitrogen and oxygen atoms in total. The molecule has 0 bridgehead atoms. The fourth-order valence-corrected chi connectivity index (χ4v) is 5.35. The number of benzene rings is 2. The Kier molecular flexibility index (Phi) is 5.66. The zero-order valence-electron chi connectivity index (χ0n) is 17.5. The maximum Gasteiger partial charge on any atom is 0.210 e. The van der Waals surface area contributed by atoms with Crippen LogP contribution in [0.3, 0.4) is 0 Å². The van der Waals surface area contributed by atoms with Gasteiger partial charge in [0.05, 0.1) is 5.75 Å². The van der Waals surface area contributed by atoms with Gasteiger partial charge < -0.3 is 10.2 Å². The number of carbonyl (C=O) groups excluding carboxylic acids is 1. The number of thioether (sulfide) groups is 1. The van der Waals surface area contributed by atoms with Crippen molar-refractivity contribution in [2.24, 2.45) is 0 Å². The highest BCUT2D eigenvalue weighted by Gasteiger charge is 2.38. The Labute approximate surface area is 185 Å². The second kappa shape index (κ2) is 8.24. The van der Waals surface area contributed by atoms with Crippen LogP contribution >= 0.6 is 23.1 Å². The smallest absolute Gasteiger partial charge is 0.210 e. The molecule has 1 N–H and O–H groups in total. The van der Waals surface area contributed by atoms with Crippen molar-refractivity contribution in [3.8, 4) is 0 Å². The van der Waals surface area contributed by atoms with E-state index in [0.29, 0.717) is 5.75 Å². The van der Waals surface area contributed by atoms with Crippen LogP contribution in [-0.2, 0) is 10.2 Å². The molecule has 0 saturated carbocycles. The maximum atomic E-state index is 12.7. The van der Waals surface area contributed by atoms with E-state index in [4.69, 9.17) is 0 Å². The van der Waals surface area contributed by atoms with E-state index < -0.39 is 0 Å². The Morgan fingerprint density at radius 2 is 2.00 bits per heavy atom. The molecule has 0 unspecified atom stereocenters. The summed E-state index contributed by atoms with van der Waals surface area (Å²) in [5.41, 5.74) is 5.39. The molecule has 0 fully saturated rings. The van der Waals surface area contributed by atoms with Crippen LogP contribution in [0.1, 0.15) is 25.0 Å². The summed E-state index contributed by atoms with van der Waals surface area (Å²) >= 11 is 2.88. The fourth-order valence-electron chi connectivity index (χ4n) is 3.75. The van der Waals surface area contributed by atoms with E-state index in [0.717, 1.165) is 26.5 Å². The van der Waals surface area contributed by atoms with Gasteiger partial charge in [0.2, 0.25) is 5.13 Å². The lowest BCUT2D eigenvalue weighted by atomic mass is 9.83. The first-order chi connectivity index (χ1) is 14.3. The number of rotatable bonds is 6. The number of aromatic nitrogens is 2. The lowest BCUT2D eigenvalue weighted by Gasteiger charge is -2.23. The van der Waals surface area contributed by atoms with Gasteiger partial charge in [-0.05, 0) is 36.2 Å². The number of aryl methyl sites for hydroxylation is 1. The van der Waals surface area contributed by atoms with Crippen molar-refractivity contribution < 1.29 is 4.79 Å². The minimum atomic E-state index is -0.195. The first-order valence-electron chi connectivity index (χ1n) is 9.73. The summed E-state index contributed by atoms with van der Waals surface area (Å²) in [7, 11) is 2.02. The second-order valence-corrected chi connectivity index (χ2v) is 10.1. The summed E-state index contributed by atoms with van der Waals surface area (Å²) < 4.78 is 0.777. The predicted molar refractivity (Wildman–Crippen MR) is 126 cm³/mol. The number of nitrogens with one attached hydrogen (secondary N) is 1. The van der Waals surface area contributed by atoms with Gasteiger partial charge in [-0.15, -0.1) is 10.2 Å². The lowest BCUT2D eigenvalue weighted by molar-refractivity contribution is -0.112. The normalized spacial score (nSPS) is 16.0. The van der Waals surface area contributed by atoms with Crippen LogP contribution in [0.2, 0.25) is 0 Å². The van der Waals surface area contributed by atoms with E-state index in [1.54, 1.807) is 6.08 Å². The zero-order chi connectivity index (χ0) is 21.3. The van der Waals surface area contributed by atoms with E-state index >= 15 is 0 Å². The average Bonchev–Trinajstić information content (AvgIpc) is 3.23. The third-order valence-corrected chi connectivity index (χ3v) is 7.25. The minimum absolute atomic E-state index is 0.0751. The number of likely N-dealkylation sites (N-methyl/N-ethyl adjacent to an activating group) is 1. The van der Waals surface area contributed by atoms with Crippen molar-refractivity contribution in [2.75, 3.05) is 23.0 Å². The molecule has 2 aromatic carbocycles. The van der Waals surface area contributed by atoms with Gasteiger partial charge in [-0.2, -0.15) is 0 Å². The standard InChI is InChI=1S/C23H24N4OS2/c1-15-8-7-9-16(12-15)24-21-25-26-22(30-21)29-14-17(28)13-20-23(2,3)18-10-5-6-11-19(18)27(20)4/h5-13H,14H2,1-4H3,(H,24,25). The Morgan fingerprint density at radius 1 is 1.20 bits per heavy atom. The quantitative estimate of drug-likeness (QED) is 0.403. The van der Waals surface area contributed by atoms with Crippen molar-refractivity contribution in [3.05, 3.63) is 71.4 Å². The van der Waals surface area contributed by atoms with Crippen LogP contribution in [0.5, 0.6) is 0 Å². The SMILES string of the molecule is Cc1cccc(Nc2nnc(SCC(=O)C=C3N(C)c4ccccc4C3(C)C)s2)c1. The molecule has 7 heteroatoms. The van der Waals surface area contributed by atoms with Crippen LogP contribution in [0, 0.1) is 6.92 Å². The molecule has 1 aromatic heterocycles. The van der Waals surface area contributed by atoms with Crippen LogP contribution in [0.25, 0.3) is 0 Å². The summed E-state index contributed by atoms with van der Waals surface area (Å²) in [5, 5.41) is 12.4. The first-order valence-corrected chi connectivity index (χ1v) is 11.5. The molecule has 1 aliphatic rings. The summed E-state index contributed by atoms with van der Waals surface area (Å²) in [6.07, 6.45) is 1.78. The molecule has 0 spiro atoms. The number of nitrogens with zero attached hydrogens (tertiary/aromatic N) is 3. The zero-order valence-corrected chi connectivity index (χ0v) is 19.1. The highest BCUT2D eigenvalue weighted by atomic mass is 32.2. The molecular formula is C23H24N4OS2. The molecule has 2 heterocycles. The van der Waals surface area contributed by atoms with Crippen molar-refractivity contribution in [3.63, 3.8) is 0 Å². The topological polar surface area (TPSA) is 58.1 Å². The number of para-hydroxylation sites is 1. The summed E-state index contributed by atoms with van der Waals surface area (Å²) in [6.45, 7) is 6.37. The van der Waals surface area contributed by atoms with Gasteiger partial charge in [0.1, 0.15) is 0 Å². The van der Waals surface area contributed by atoms with Crippen molar-refractivity contribution in [1.29, 1.82) is 0 Å². The van der Waals surface area contributed by atoms with E-state index in [9.17, 15) is 4.79 Å². The number of ketones is 1. The maximum absolute atomic E-state index is 12.7. The van der Waals surface area contributed by atoms with Gasteiger partial charge in [0, 0.05) is 35.6 Å². The molecule has 0 aliphatic carbocycles. The third-order valence-electron chi connectivity index (χ3n) is 5.25. The Hall–Kier alpha value is -2.64. The Bertz CT molecular complexity index is 1120. The van der Waals surface area contributed by atoms with Crippen molar-refractivity contribution in [2.45, 2.75) is 30.5 Å². The van der Waals surface area contributed by atoms with Crippen LogP contribution in [0.4, 0.5) is 16.5 Å². The molecule has 0 amide bonds. The summed E-state index contributed by atoms with van der Waals surface area (Å²) in [4.78, 5) is 14.8. The van der Waals surface area contributed by atoms with Crippen molar-refractivity contribution >= 4 is 45.4 Å². The van der Waals surface area contributed by atoms with Gasteiger partial charge in [0.25, 0.3) is 0 Å². The first kappa shape index (κ1) is 20.6. The van der Waals surface area contributed by atoms with Crippen LogP contribution in [0.15, 0.2) is 64.6 Å². The molecule has 3 aromatic rings. The monoisotopic (exact) mass is 436 g/mol. The Balaban J connectivity index is 1.40. The molecule has 0 saturated heterocycles. The van der Waals surface area contributed by atoms with Crippen LogP contribution in [-0.4, -0.2) is 28.8 Å². The average molecular weight is 437 g/mol. The lowest BCUT2D eigenvalue weighted by Crippen LogP contribution is -2.24. The van der Waals surface area contributed by atoms with Gasteiger partial charge in [0.15, 0.2) is 10.1 Å². The molecule has 4 rings (SSSR count). The molecule has 154 valence electrons. The Morgan fingerprint density at radius 3 is 2.77 bits per heavy atom. The predicted octanol–water partition coefficient (Wildman–Crippen LogP) is 5.56.